The summed E-state index contributed by atoms with van der Waals surface area (Å²) in [5.74, 6) is -0.106. The molecule has 5 heteroatoms. The van der Waals surface area contributed by atoms with Crippen LogP contribution < -0.4 is 11.1 Å². The van der Waals surface area contributed by atoms with Gasteiger partial charge in [-0.25, -0.2) is 0 Å². The van der Waals surface area contributed by atoms with Crippen molar-refractivity contribution in [3.63, 3.8) is 0 Å². The van der Waals surface area contributed by atoms with Crippen molar-refractivity contribution in [2.75, 3.05) is 26.4 Å². The van der Waals surface area contributed by atoms with Gasteiger partial charge in [-0.2, -0.15) is 0 Å². The van der Waals surface area contributed by atoms with Crippen molar-refractivity contribution in [1.29, 1.82) is 0 Å². The lowest BCUT2D eigenvalue weighted by molar-refractivity contribution is -0.148. The van der Waals surface area contributed by atoms with Crippen LogP contribution in [-0.2, 0) is 14.3 Å². The molecular weight excluding hydrogens is 184 g/mol. The van der Waals surface area contributed by atoms with Crippen LogP contribution in [0.3, 0.4) is 0 Å². The fourth-order valence-corrected chi connectivity index (χ4v) is 1.30. The molecule has 1 aliphatic rings. The van der Waals surface area contributed by atoms with Gasteiger partial charge in [0.2, 0.25) is 0 Å². The van der Waals surface area contributed by atoms with Crippen molar-refractivity contribution in [1.82, 2.24) is 5.32 Å². The van der Waals surface area contributed by atoms with Gasteiger partial charge in [0.05, 0.1) is 19.8 Å². The Labute approximate surface area is 83.9 Å². The predicted octanol–water partition coefficient (Wildman–Crippen LogP) is -0.745. The average Bonchev–Trinajstić information content (AvgIpc) is 2.19. The predicted molar refractivity (Wildman–Crippen MR) is 51.8 cm³/mol. The molecule has 2 unspecified atom stereocenters. The number of carbonyl (C=O) groups excluding carboxylic acids is 1. The zero-order chi connectivity index (χ0) is 10.4. The fraction of sp³-hybridized carbons (Fsp3) is 0.889. The highest BCUT2D eigenvalue weighted by atomic mass is 16.6. The Bertz CT molecular complexity index is 181. The molecule has 0 spiro atoms. The molecule has 1 fully saturated rings. The van der Waals surface area contributed by atoms with E-state index >= 15 is 0 Å². The smallest absolute Gasteiger partial charge is 0.251 e. The van der Waals surface area contributed by atoms with Crippen molar-refractivity contribution in [3.8, 4) is 0 Å². The normalized spacial score (nSPS) is 24.3. The number of ether oxygens (including phenoxy) is 2. The molecule has 0 aromatic carbocycles. The van der Waals surface area contributed by atoms with Gasteiger partial charge in [0.25, 0.3) is 5.91 Å². The number of nitrogens with two attached hydrogens (primary N) is 1. The largest absolute Gasteiger partial charge is 0.376 e. The summed E-state index contributed by atoms with van der Waals surface area (Å²) in [7, 11) is 0. The summed E-state index contributed by atoms with van der Waals surface area (Å²) in [6.45, 7) is 3.91. The van der Waals surface area contributed by atoms with Crippen LogP contribution in [0.25, 0.3) is 0 Å². The summed E-state index contributed by atoms with van der Waals surface area (Å²) in [4.78, 5) is 11.5. The molecular formula is C9H18N2O3. The number of amides is 1. The quantitative estimate of drug-likeness (QED) is 0.629. The van der Waals surface area contributed by atoms with Gasteiger partial charge in [-0.1, -0.05) is 0 Å². The van der Waals surface area contributed by atoms with E-state index in [4.69, 9.17) is 15.2 Å². The monoisotopic (exact) mass is 202 g/mol. The highest BCUT2D eigenvalue weighted by molar-refractivity contribution is 5.81. The van der Waals surface area contributed by atoms with Crippen LogP contribution in [0.5, 0.6) is 0 Å². The van der Waals surface area contributed by atoms with Gasteiger partial charge >= 0.3 is 0 Å². The first-order valence-corrected chi connectivity index (χ1v) is 4.94. The molecule has 1 rings (SSSR count). The first kappa shape index (κ1) is 11.4. The maximum Gasteiger partial charge on any atom is 0.251 e. The number of hydrogen-bond donors (Lipinski definition) is 2. The second-order valence-corrected chi connectivity index (χ2v) is 3.42. The van der Waals surface area contributed by atoms with E-state index in [9.17, 15) is 4.79 Å². The summed E-state index contributed by atoms with van der Waals surface area (Å²) in [5.41, 5.74) is 5.38. The second-order valence-electron chi connectivity index (χ2n) is 3.42. The van der Waals surface area contributed by atoms with E-state index in [0.29, 0.717) is 26.4 Å². The molecule has 1 aliphatic heterocycles. The van der Waals surface area contributed by atoms with Gasteiger partial charge in [0.15, 0.2) is 6.10 Å². The molecule has 82 valence electrons. The Morgan fingerprint density at radius 1 is 1.64 bits per heavy atom. The Kier molecular flexibility index (Phi) is 4.86. The number of nitrogens with one attached hydrogen (secondary N) is 1. The maximum atomic E-state index is 11.5. The summed E-state index contributed by atoms with van der Waals surface area (Å²) in [6, 6.07) is 0.0954. The van der Waals surface area contributed by atoms with Crippen LogP contribution >= 0.6 is 0 Å². The van der Waals surface area contributed by atoms with Crippen molar-refractivity contribution in [3.05, 3.63) is 0 Å². The lowest BCUT2D eigenvalue weighted by Gasteiger charge is -2.23. The molecule has 1 heterocycles. The van der Waals surface area contributed by atoms with Crippen LogP contribution in [0.1, 0.15) is 13.3 Å². The molecule has 3 N–H and O–H groups in total. The van der Waals surface area contributed by atoms with Gasteiger partial charge in [-0.15, -0.1) is 0 Å². The highest BCUT2D eigenvalue weighted by Crippen LogP contribution is 2.01. The third-order valence-electron chi connectivity index (χ3n) is 2.10. The second kappa shape index (κ2) is 5.95. The van der Waals surface area contributed by atoms with E-state index < -0.39 is 6.10 Å². The van der Waals surface area contributed by atoms with E-state index in [0.717, 1.165) is 6.42 Å². The third kappa shape index (κ3) is 3.61. The molecule has 0 aromatic heterocycles. The van der Waals surface area contributed by atoms with E-state index in [-0.39, 0.29) is 11.9 Å². The third-order valence-corrected chi connectivity index (χ3v) is 2.10. The summed E-state index contributed by atoms with van der Waals surface area (Å²) in [6.07, 6.45) is 0.322. The minimum atomic E-state index is -0.455. The van der Waals surface area contributed by atoms with E-state index in [1.807, 2.05) is 6.92 Å². The molecule has 5 nitrogen and oxygen atoms in total. The topological polar surface area (TPSA) is 73.6 Å². The van der Waals surface area contributed by atoms with Crippen LogP contribution in [-0.4, -0.2) is 44.4 Å². The van der Waals surface area contributed by atoms with Gasteiger partial charge in [0, 0.05) is 6.04 Å². The van der Waals surface area contributed by atoms with Crippen LogP contribution in [0.15, 0.2) is 0 Å². The Morgan fingerprint density at radius 3 is 3.00 bits per heavy atom. The van der Waals surface area contributed by atoms with Gasteiger partial charge in [0.1, 0.15) is 0 Å². The molecule has 0 aliphatic carbocycles. The molecule has 0 bridgehead atoms. The van der Waals surface area contributed by atoms with E-state index in [1.54, 1.807) is 0 Å². The van der Waals surface area contributed by atoms with Crippen molar-refractivity contribution in [2.45, 2.75) is 25.5 Å². The number of carbonyl (C=O) groups is 1. The molecule has 0 saturated carbocycles. The SMILES string of the molecule is CC(CCN)NC(=O)C1COCCO1. The molecule has 2 atom stereocenters. The van der Waals surface area contributed by atoms with Gasteiger partial charge in [-0.3, -0.25) is 4.79 Å². The van der Waals surface area contributed by atoms with Crippen LogP contribution in [0, 0.1) is 0 Å². The number of rotatable bonds is 4. The van der Waals surface area contributed by atoms with Crippen molar-refractivity contribution >= 4 is 5.91 Å². The first-order valence-electron chi connectivity index (χ1n) is 4.94. The van der Waals surface area contributed by atoms with Crippen molar-refractivity contribution in [2.24, 2.45) is 5.73 Å². The van der Waals surface area contributed by atoms with Crippen molar-refractivity contribution < 1.29 is 14.3 Å². The first-order chi connectivity index (χ1) is 6.74. The van der Waals surface area contributed by atoms with Gasteiger partial charge in [-0.05, 0) is 19.9 Å². The zero-order valence-corrected chi connectivity index (χ0v) is 8.49. The fourth-order valence-electron chi connectivity index (χ4n) is 1.30. The average molecular weight is 202 g/mol. The lowest BCUT2D eigenvalue weighted by Crippen LogP contribution is -2.46. The summed E-state index contributed by atoms with van der Waals surface area (Å²) < 4.78 is 10.4. The minimum Gasteiger partial charge on any atom is -0.376 e. The zero-order valence-electron chi connectivity index (χ0n) is 8.49. The Balaban J connectivity index is 2.25. The minimum absolute atomic E-state index is 0.0954. The maximum absolute atomic E-state index is 11.5. The Morgan fingerprint density at radius 2 is 2.43 bits per heavy atom. The van der Waals surface area contributed by atoms with Crippen LogP contribution in [0.2, 0.25) is 0 Å². The van der Waals surface area contributed by atoms with Gasteiger partial charge < -0.3 is 20.5 Å². The van der Waals surface area contributed by atoms with E-state index in [2.05, 4.69) is 5.32 Å². The van der Waals surface area contributed by atoms with E-state index in [1.165, 1.54) is 0 Å². The summed E-state index contributed by atoms with van der Waals surface area (Å²) >= 11 is 0. The lowest BCUT2D eigenvalue weighted by atomic mass is 10.2. The molecule has 0 radical (unpaired) electrons. The summed E-state index contributed by atoms with van der Waals surface area (Å²) in [5, 5.41) is 2.83. The highest BCUT2D eigenvalue weighted by Gasteiger charge is 2.23. The standard InChI is InChI=1S/C9H18N2O3/c1-7(2-3-10)11-9(12)8-6-13-4-5-14-8/h7-8H,2-6,10H2,1H3,(H,11,12). The molecule has 14 heavy (non-hydrogen) atoms. The molecule has 1 amide bonds. The number of hydrogen-bond acceptors (Lipinski definition) is 4. The molecule has 1 saturated heterocycles. The van der Waals surface area contributed by atoms with Crippen LogP contribution in [0.4, 0.5) is 0 Å². The molecule has 0 aromatic rings. The Hall–Kier alpha value is -0.650.